The molecule has 0 fully saturated rings. The molecule has 2 aromatic carbocycles. The van der Waals surface area contributed by atoms with Crippen LogP contribution in [0.4, 0.5) is 5.69 Å². The Morgan fingerprint density at radius 3 is 2.40 bits per heavy atom. The Hall–Kier alpha value is -3.01. The summed E-state index contributed by atoms with van der Waals surface area (Å²) < 4.78 is 11.0. The van der Waals surface area contributed by atoms with Crippen LogP contribution in [-0.2, 0) is 0 Å². The molecule has 4 nitrogen and oxygen atoms in total. The number of aromatic nitrogens is 1. The summed E-state index contributed by atoms with van der Waals surface area (Å²) in [5, 5.41) is 2.18. The van der Waals surface area contributed by atoms with Crippen molar-refractivity contribution >= 4 is 28.6 Å². The maximum Gasteiger partial charge on any atom is 0.231 e. The fourth-order valence-electron chi connectivity index (χ4n) is 2.99. The van der Waals surface area contributed by atoms with Gasteiger partial charge in [-0.15, -0.1) is 0 Å². The SMILES string of the molecule is Cc1cc2cc3c(cc2c(C=Cc2ccc(N(C)C)cc2)n1)OCO3. The van der Waals surface area contributed by atoms with Crippen molar-refractivity contribution in [2.75, 3.05) is 25.8 Å². The molecule has 0 bridgehead atoms. The molecule has 0 unspecified atom stereocenters. The number of rotatable bonds is 3. The van der Waals surface area contributed by atoms with Gasteiger partial charge < -0.3 is 14.4 Å². The molecule has 0 saturated carbocycles. The first-order valence-electron chi connectivity index (χ1n) is 8.26. The maximum atomic E-state index is 5.51. The summed E-state index contributed by atoms with van der Waals surface area (Å²) in [6, 6.07) is 14.5. The lowest BCUT2D eigenvalue weighted by molar-refractivity contribution is 0.174. The maximum absolute atomic E-state index is 5.51. The Kier molecular flexibility index (Phi) is 3.80. The normalized spacial score (nSPS) is 12.9. The lowest BCUT2D eigenvalue weighted by Gasteiger charge is -2.11. The van der Waals surface area contributed by atoms with Crippen LogP contribution < -0.4 is 14.4 Å². The second-order valence-electron chi connectivity index (χ2n) is 6.39. The van der Waals surface area contributed by atoms with Crippen LogP contribution in [-0.4, -0.2) is 25.9 Å². The number of fused-ring (bicyclic) bond motifs is 2. The minimum Gasteiger partial charge on any atom is -0.454 e. The Morgan fingerprint density at radius 2 is 1.68 bits per heavy atom. The standard InChI is InChI=1S/C21H20N2O2/c1-14-10-16-11-20-21(25-13-24-20)12-18(16)19(22-14)9-6-15-4-7-17(8-5-15)23(2)3/h4-12H,13H2,1-3H3. The highest BCUT2D eigenvalue weighted by atomic mass is 16.7. The topological polar surface area (TPSA) is 34.6 Å². The quantitative estimate of drug-likeness (QED) is 0.707. The van der Waals surface area contributed by atoms with Crippen molar-refractivity contribution in [2.24, 2.45) is 0 Å². The Balaban J connectivity index is 1.73. The van der Waals surface area contributed by atoms with Gasteiger partial charge in [0.05, 0.1) is 5.69 Å². The Labute approximate surface area is 147 Å². The van der Waals surface area contributed by atoms with Gasteiger partial charge in [-0.1, -0.05) is 18.2 Å². The average molecular weight is 332 g/mol. The highest BCUT2D eigenvalue weighted by Gasteiger charge is 2.15. The van der Waals surface area contributed by atoms with E-state index in [2.05, 4.69) is 47.4 Å². The lowest BCUT2D eigenvalue weighted by atomic mass is 10.1. The van der Waals surface area contributed by atoms with E-state index in [0.29, 0.717) is 0 Å². The molecular weight excluding hydrogens is 312 g/mol. The van der Waals surface area contributed by atoms with Crippen LogP contribution >= 0.6 is 0 Å². The van der Waals surface area contributed by atoms with Gasteiger partial charge in [-0.25, -0.2) is 0 Å². The molecule has 0 N–H and O–H groups in total. The van der Waals surface area contributed by atoms with E-state index in [0.717, 1.165) is 39.2 Å². The van der Waals surface area contributed by atoms with E-state index in [1.165, 1.54) is 5.69 Å². The smallest absolute Gasteiger partial charge is 0.231 e. The molecule has 0 atom stereocenters. The van der Waals surface area contributed by atoms with Crippen LogP contribution in [0, 0.1) is 6.92 Å². The molecule has 0 radical (unpaired) electrons. The summed E-state index contributed by atoms with van der Waals surface area (Å²) in [6.45, 7) is 2.29. The lowest BCUT2D eigenvalue weighted by Crippen LogP contribution is -2.07. The highest BCUT2D eigenvalue weighted by molar-refractivity contribution is 5.94. The van der Waals surface area contributed by atoms with Crippen molar-refractivity contribution in [1.82, 2.24) is 4.98 Å². The van der Waals surface area contributed by atoms with Gasteiger partial charge in [0, 0.05) is 30.9 Å². The fraction of sp³-hybridized carbons (Fsp3) is 0.190. The van der Waals surface area contributed by atoms with Crippen LogP contribution in [0.3, 0.4) is 0 Å². The van der Waals surface area contributed by atoms with Crippen molar-refractivity contribution in [2.45, 2.75) is 6.92 Å². The molecule has 1 aliphatic rings. The summed E-state index contributed by atoms with van der Waals surface area (Å²) >= 11 is 0. The molecule has 0 aliphatic carbocycles. The van der Waals surface area contributed by atoms with E-state index in [4.69, 9.17) is 14.5 Å². The predicted molar refractivity (Wildman–Crippen MR) is 102 cm³/mol. The van der Waals surface area contributed by atoms with E-state index >= 15 is 0 Å². The van der Waals surface area contributed by atoms with E-state index in [-0.39, 0.29) is 6.79 Å². The second-order valence-corrected chi connectivity index (χ2v) is 6.39. The first kappa shape index (κ1) is 15.5. The van der Waals surface area contributed by atoms with Gasteiger partial charge in [-0.2, -0.15) is 0 Å². The van der Waals surface area contributed by atoms with Crippen molar-refractivity contribution in [3.8, 4) is 11.5 Å². The van der Waals surface area contributed by atoms with Gasteiger partial charge in [0.15, 0.2) is 11.5 Å². The Morgan fingerprint density at radius 1 is 0.960 bits per heavy atom. The van der Waals surface area contributed by atoms with Gasteiger partial charge in [0.1, 0.15) is 0 Å². The number of hydrogen-bond acceptors (Lipinski definition) is 4. The third kappa shape index (κ3) is 3.03. The van der Waals surface area contributed by atoms with E-state index < -0.39 is 0 Å². The highest BCUT2D eigenvalue weighted by Crippen LogP contribution is 2.37. The van der Waals surface area contributed by atoms with Gasteiger partial charge in [0.2, 0.25) is 6.79 Å². The molecule has 1 aliphatic heterocycles. The zero-order valence-corrected chi connectivity index (χ0v) is 14.6. The van der Waals surface area contributed by atoms with Crippen LogP contribution in [0.1, 0.15) is 17.0 Å². The van der Waals surface area contributed by atoms with E-state index in [1.807, 2.05) is 33.2 Å². The first-order valence-corrected chi connectivity index (χ1v) is 8.26. The number of hydrogen-bond donors (Lipinski definition) is 0. The zero-order chi connectivity index (χ0) is 17.4. The monoisotopic (exact) mass is 332 g/mol. The van der Waals surface area contributed by atoms with E-state index in [9.17, 15) is 0 Å². The van der Waals surface area contributed by atoms with Crippen LogP contribution in [0.25, 0.3) is 22.9 Å². The number of aryl methyl sites for hydroxylation is 1. The number of nitrogens with zero attached hydrogens (tertiary/aromatic N) is 2. The molecule has 4 rings (SSSR count). The van der Waals surface area contributed by atoms with Crippen LogP contribution in [0.5, 0.6) is 11.5 Å². The molecule has 4 heteroatoms. The third-order valence-corrected chi connectivity index (χ3v) is 4.33. The van der Waals surface area contributed by atoms with Crippen LogP contribution in [0.15, 0.2) is 42.5 Å². The van der Waals surface area contributed by atoms with Gasteiger partial charge in [-0.3, -0.25) is 4.98 Å². The van der Waals surface area contributed by atoms with E-state index in [1.54, 1.807) is 0 Å². The molecule has 1 aromatic heterocycles. The van der Waals surface area contributed by atoms with Crippen molar-refractivity contribution in [3.05, 3.63) is 59.4 Å². The molecule has 0 amide bonds. The second kappa shape index (κ2) is 6.13. The molecule has 3 aromatic rings. The van der Waals surface area contributed by atoms with Crippen LogP contribution in [0.2, 0.25) is 0 Å². The molecular formula is C21H20N2O2. The molecule has 0 saturated heterocycles. The predicted octanol–water partition coefficient (Wildman–Crippen LogP) is 4.51. The van der Waals surface area contributed by atoms with Crippen molar-refractivity contribution < 1.29 is 9.47 Å². The molecule has 25 heavy (non-hydrogen) atoms. The largest absolute Gasteiger partial charge is 0.454 e. The number of anilines is 1. The molecule has 0 spiro atoms. The zero-order valence-electron chi connectivity index (χ0n) is 14.6. The summed E-state index contributed by atoms with van der Waals surface area (Å²) in [6.07, 6.45) is 4.15. The summed E-state index contributed by atoms with van der Waals surface area (Å²) in [5.41, 5.74) is 4.24. The number of benzene rings is 2. The van der Waals surface area contributed by atoms with Crippen molar-refractivity contribution in [3.63, 3.8) is 0 Å². The minimum atomic E-state index is 0.279. The first-order chi connectivity index (χ1) is 12.1. The van der Waals surface area contributed by atoms with Crippen molar-refractivity contribution in [1.29, 1.82) is 0 Å². The molecule has 2 heterocycles. The fourth-order valence-corrected chi connectivity index (χ4v) is 2.99. The van der Waals surface area contributed by atoms with Gasteiger partial charge in [-0.05, 0) is 54.3 Å². The summed E-state index contributed by atoms with van der Waals surface area (Å²) in [7, 11) is 4.08. The van der Waals surface area contributed by atoms with Gasteiger partial charge in [0.25, 0.3) is 0 Å². The summed E-state index contributed by atoms with van der Waals surface area (Å²) in [4.78, 5) is 6.79. The number of pyridine rings is 1. The summed E-state index contributed by atoms with van der Waals surface area (Å²) in [5.74, 6) is 1.58. The number of ether oxygens (including phenoxy) is 2. The Bertz CT molecular complexity index is 960. The minimum absolute atomic E-state index is 0.279. The van der Waals surface area contributed by atoms with Gasteiger partial charge >= 0.3 is 0 Å². The third-order valence-electron chi connectivity index (χ3n) is 4.33. The molecule has 126 valence electrons. The average Bonchev–Trinajstić information content (AvgIpc) is 3.05.